The van der Waals surface area contributed by atoms with Gasteiger partial charge in [0.15, 0.2) is 5.82 Å². The number of aryl methyl sites for hydroxylation is 1. The number of carbonyl (C=O) groups excluding carboxylic acids is 1. The van der Waals surface area contributed by atoms with Crippen LogP contribution in [0.4, 0.5) is 0 Å². The zero-order chi connectivity index (χ0) is 21.9. The van der Waals surface area contributed by atoms with E-state index in [0.29, 0.717) is 18.7 Å². The van der Waals surface area contributed by atoms with Gasteiger partial charge in [-0.15, -0.1) is 0 Å². The number of benzene rings is 2. The molecule has 0 bridgehead atoms. The zero-order valence-electron chi connectivity index (χ0n) is 18.3. The predicted octanol–water partition coefficient (Wildman–Crippen LogP) is 3.93. The van der Waals surface area contributed by atoms with Crippen LogP contribution in [0.15, 0.2) is 85.3 Å². The van der Waals surface area contributed by atoms with E-state index in [1.165, 1.54) is 5.56 Å². The van der Waals surface area contributed by atoms with E-state index < -0.39 is 0 Å². The maximum atomic E-state index is 13.5. The molecule has 1 aliphatic rings. The summed E-state index contributed by atoms with van der Waals surface area (Å²) in [6, 6.07) is 22.6. The van der Waals surface area contributed by atoms with Gasteiger partial charge < -0.3 is 9.47 Å². The number of rotatable bonds is 5. The number of aromatic nitrogens is 3. The fourth-order valence-electron chi connectivity index (χ4n) is 4.29. The molecule has 162 valence electrons. The fraction of sp³-hybridized carbons (Fsp3) is 0.231. The Morgan fingerprint density at radius 1 is 0.906 bits per heavy atom. The standard InChI is InChI=1S/C26H27N5O/c1-21-8-7-11-23(18-21)31-25(29-12-5-6-13-29)24(19-27-31)26(32)30-16-14-28(15-17-30)20-22-9-3-2-4-10-22/h2-13,18-19H,14-17,20H2,1H3. The first-order valence-electron chi connectivity index (χ1n) is 11.0. The van der Waals surface area contributed by atoms with Crippen LogP contribution in [0.3, 0.4) is 0 Å². The van der Waals surface area contributed by atoms with E-state index in [1.807, 2.05) is 56.9 Å². The number of nitrogens with zero attached hydrogens (tertiary/aromatic N) is 5. The van der Waals surface area contributed by atoms with Gasteiger partial charge in [0.25, 0.3) is 5.91 Å². The summed E-state index contributed by atoms with van der Waals surface area (Å²) in [5.41, 5.74) is 4.03. The Hall–Kier alpha value is -3.64. The summed E-state index contributed by atoms with van der Waals surface area (Å²) in [6.45, 7) is 6.14. The molecule has 32 heavy (non-hydrogen) atoms. The van der Waals surface area contributed by atoms with Gasteiger partial charge in [0.05, 0.1) is 11.9 Å². The molecule has 4 aromatic rings. The minimum Gasteiger partial charge on any atom is -0.336 e. The lowest BCUT2D eigenvalue weighted by Gasteiger charge is -2.34. The first kappa shape index (κ1) is 20.3. The third-order valence-corrected chi connectivity index (χ3v) is 5.98. The Morgan fingerprint density at radius 2 is 1.66 bits per heavy atom. The van der Waals surface area contributed by atoms with Gasteiger partial charge in [0, 0.05) is 45.1 Å². The molecule has 0 saturated carbocycles. The monoisotopic (exact) mass is 425 g/mol. The van der Waals surface area contributed by atoms with Gasteiger partial charge in [0.1, 0.15) is 5.56 Å². The molecule has 0 unspecified atom stereocenters. The van der Waals surface area contributed by atoms with Crippen molar-refractivity contribution in [2.45, 2.75) is 13.5 Å². The van der Waals surface area contributed by atoms with E-state index in [9.17, 15) is 4.79 Å². The molecule has 2 aromatic carbocycles. The smallest absolute Gasteiger partial charge is 0.259 e. The highest BCUT2D eigenvalue weighted by molar-refractivity contribution is 5.97. The summed E-state index contributed by atoms with van der Waals surface area (Å²) in [5, 5.41) is 4.61. The third kappa shape index (κ3) is 4.09. The molecule has 5 rings (SSSR count). The number of hydrogen-bond acceptors (Lipinski definition) is 3. The molecular formula is C26H27N5O. The van der Waals surface area contributed by atoms with Crippen molar-refractivity contribution in [3.63, 3.8) is 0 Å². The largest absolute Gasteiger partial charge is 0.336 e. The van der Waals surface area contributed by atoms with Crippen molar-refractivity contribution >= 4 is 5.91 Å². The van der Waals surface area contributed by atoms with Crippen molar-refractivity contribution in [1.82, 2.24) is 24.1 Å². The highest BCUT2D eigenvalue weighted by Crippen LogP contribution is 2.22. The number of carbonyl (C=O) groups is 1. The lowest BCUT2D eigenvalue weighted by Crippen LogP contribution is -2.48. The molecule has 0 atom stereocenters. The number of hydrogen-bond donors (Lipinski definition) is 0. The van der Waals surface area contributed by atoms with Crippen LogP contribution >= 0.6 is 0 Å². The van der Waals surface area contributed by atoms with E-state index in [0.717, 1.165) is 36.7 Å². The van der Waals surface area contributed by atoms with E-state index >= 15 is 0 Å². The first-order chi connectivity index (χ1) is 15.7. The first-order valence-corrected chi connectivity index (χ1v) is 11.0. The lowest BCUT2D eigenvalue weighted by atomic mass is 10.2. The molecule has 2 aromatic heterocycles. The fourth-order valence-corrected chi connectivity index (χ4v) is 4.29. The number of piperazine rings is 1. The topological polar surface area (TPSA) is 46.3 Å². The van der Waals surface area contributed by atoms with Crippen LogP contribution in [0, 0.1) is 6.92 Å². The highest BCUT2D eigenvalue weighted by atomic mass is 16.2. The summed E-state index contributed by atoms with van der Waals surface area (Å²) in [6.07, 6.45) is 5.62. The molecule has 0 aliphatic carbocycles. The molecule has 0 N–H and O–H groups in total. The van der Waals surface area contributed by atoms with Crippen molar-refractivity contribution in [2.24, 2.45) is 0 Å². The van der Waals surface area contributed by atoms with Gasteiger partial charge in [-0.3, -0.25) is 9.69 Å². The lowest BCUT2D eigenvalue weighted by molar-refractivity contribution is 0.0628. The van der Waals surface area contributed by atoms with Crippen molar-refractivity contribution in [1.29, 1.82) is 0 Å². The summed E-state index contributed by atoms with van der Waals surface area (Å²) < 4.78 is 3.82. The highest BCUT2D eigenvalue weighted by Gasteiger charge is 2.27. The minimum absolute atomic E-state index is 0.0342. The van der Waals surface area contributed by atoms with Gasteiger partial charge in [-0.1, -0.05) is 42.5 Å². The second-order valence-electron chi connectivity index (χ2n) is 8.28. The Morgan fingerprint density at radius 3 is 2.38 bits per heavy atom. The number of amides is 1. The average molecular weight is 426 g/mol. The summed E-state index contributed by atoms with van der Waals surface area (Å²) in [7, 11) is 0. The quantitative estimate of drug-likeness (QED) is 0.487. The summed E-state index contributed by atoms with van der Waals surface area (Å²) in [4.78, 5) is 17.9. The molecule has 1 amide bonds. The van der Waals surface area contributed by atoms with Gasteiger partial charge in [0.2, 0.25) is 0 Å². The maximum Gasteiger partial charge on any atom is 0.259 e. The van der Waals surface area contributed by atoms with Crippen LogP contribution in [-0.4, -0.2) is 56.2 Å². The average Bonchev–Trinajstić information content (AvgIpc) is 3.50. The van der Waals surface area contributed by atoms with Gasteiger partial charge in [-0.2, -0.15) is 5.10 Å². The molecule has 3 heterocycles. The summed E-state index contributed by atoms with van der Waals surface area (Å²) >= 11 is 0. The zero-order valence-corrected chi connectivity index (χ0v) is 18.3. The van der Waals surface area contributed by atoms with Crippen LogP contribution in [0.1, 0.15) is 21.5 Å². The van der Waals surface area contributed by atoms with E-state index in [4.69, 9.17) is 0 Å². The van der Waals surface area contributed by atoms with E-state index in [2.05, 4.69) is 53.3 Å². The summed E-state index contributed by atoms with van der Waals surface area (Å²) in [5.74, 6) is 0.810. The second kappa shape index (κ2) is 8.85. The maximum absolute atomic E-state index is 13.5. The Kier molecular flexibility index (Phi) is 5.60. The Balaban J connectivity index is 1.37. The van der Waals surface area contributed by atoms with Crippen LogP contribution in [0.25, 0.3) is 11.5 Å². The van der Waals surface area contributed by atoms with Crippen LogP contribution in [0.2, 0.25) is 0 Å². The van der Waals surface area contributed by atoms with Crippen molar-refractivity contribution in [2.75, 3.05) is 26.2 Å². The van der Waals surface area contributed by atoms with E-state index in [-0.39, 0.29) is 5.91 Å². The molecule has 1 fully saturated rings. The van der Waals surface area contributed by atoms with Crippen molar-refractivity contribution in [3.05, 3.63) is 102 Å². The van der Waals surface area contributed by atoms with Gasteiger partial charge in [-0.05, 0) is 42.3 Å². The Bertz CT molecular complexity index is 1190. The minimum atomic E-state index is 0.0342. The van der Waals surface area contributed by atoms with Crippen LogP contribution < -0.4 is 0 Å². The SMILES string of the molecule is Cc1cccc(-n2ncc(C(=O)N3CCN(Cc4ccccc4)CC3)c2-n2cccc2)c1. The molecule has 1 aliphatic heterocycles. The normalized spacial score (nSPS) is 14.6. The van der Waals surface area contributed by atoms with Crippen molar-refractivity contribution < 1.29 is 4.79 Å². The second-order valence-corrected chi connectivity index (χ2v) is 8.28. The molecule has 1 saturated heterocycles. The predicted molar refractivity (Wildman–Crippen MR) is 125 cm³/mol. The van der Waals surface area contributed by atoms with Gasteiger partial charge in [-0.25, -0.2) is 4.68 Å². The van der Waals surface area contributed by atoms with Crippen molar-refractivity contribution in [3.8, 4) is 11.5 Å². The molecule has 6 heteroatoms. The third-order valence-electron chi connectivity index (χ3n) is 5.98. The Labute approximate surface area is 188 Å². The van der Waals surface area contributed by atoms with Crippen LogP contribution in [0.5, 0.6) is 0 Å². The molecule has 0 spiro atoms. The molecular weight excluding hydrogens is 398 g/mol. The van der Waals surface area contributed by atoms with E-state index in [1.54, 1.807) is 6.20 Å². The van der Waals surface area contributed by atoms with Gasteiger partial charge >= 0.3 is 0 Å². The van der Waals surface area contributed by atoms with Crippen LogP contribution in [-0.2, 0) is 6.54 Å². The molecule has 0 radical (unpaired) electrons. The molecule has 6 nitrogen and oxygen atoms in total.